The van der Waals surface area contributed by atoms with Gasteiger partial charge < -0.3 is 26.7 Å². The van der Waals surface area contributed by atoms with Gasteiger partial charge in [-0.25, -0.2) is 9.78 Å². The fourth-order valence-corrected chi connectivity index (χ4v) is 3.55. The summed E-state index contributed by atoms with van der Waals surface area (Å²) in [6.07, 6.45) is 0. The summed E-state index contributed by atoms with van der Waals surface area (Å²) in [7, 11) is -5.10. The lowest BCUT2D eigenvalue weighted by Gasteiger charge is -2.41. The first kappa shape index (κ1) is 23.0. The Kier molecular flexibility index (Phi) is 6.00. The van der Waals surface area contributed by atoms with E-state index in [4.69, 9.17) is 26.0 Å². The molecule has 0 radical (unpaired) electrons. The number of carbonyl (C=O) groups is 4. The molecule has 15 nitrogen and oxygen atoms in total. The summed E-state index contributed by atoms with van der Waals surface area (Å²) in [6, 6.07) is -3.64. The van der Waals surface area contributed by atoms with E-state index in [-0.39, 0.29) is 15.1 Å². The molecule has 2 atom stereocenters. The monoisotopic (exact) mass is 464 g/mol. The zero-order chi connectivity index (χ0) is 23.0. The summed E-state index contributed by atoms with van der Waals surface area (Å²) in [4.78, 5) is 56.0. The number of hydrogen-bond donors (Lipinski definition) is 5. The van der Waals surface area contributed by atoms with Gasteiger partial charge in [0.25, 0.3) is 11.8 Å². The summed E-state index contributed by atoms with van der Waals surface area (Å²) < 4.78 is 31.3. The molecule has 1 aliphatic heterocycles. The standard InChI is InChI=1S/C13H16N6O9S2/c1-13(2,11(23)24)28-18-5(4-3-29-12(15)16-4)9(21)17-6-7(8(14)20)19(10(6)22)30(25,26)27/h3,6-7H,1-2H3,(H2,14,20)(H2,15,16)(H,17,21)(H,23,24)(H,25,26,27)/b18-5+. The molecule has 0 bridgehead atoms. The van der Waals surface area contributed by atoms with Crippen molar-refractivity contribution in [1.82, 2.24) is 14.6 Å². The number of nitrogens with two attached hydrogens (primary N) is 2. The number of thiazole rings is 1. The summed E-state index contributed by atoms with van der Waals surface area (Å²) in [5.74, 6) is -5.24. The summed E-state index contributed by atoms with van der Waals surface area (Å²) >= 11 is 0.910. The molecule has 1 aromatic rings. The van der Waals surface area contributed by atoms with Crippen LogP contribution in [-0.2, 0) is 34.3 Å². The van der Waals surface area contributed by atoms with Gasteiger partial charge in [-0.1, -0.05) is 5.16 Å². The van der Waals surface area contributed by atoms with E-state index in [0.717, 1.165) is 25.2 Å². The predicted molar refractivity (Wildman–Crippen MR) is 99.2 cm³/mol. The number of oxime groups is 1. The molecular weight excluding hydrogens is 448 g/mol. The molecule has 3 amide bonds. The average Bonchev–Trinajstić information content (AvgIpc) is 3.01. The molecule has 0 spiro atoms. The molecule has 164 valence electrons. The van der Waals surface area contributed by atoms with Crippen LogP contribution in [0.2, 0.25) is 0 Å². The van der Waals surface area contributed by atoms with Crippen molar-refractivity contribution in [2.45, 2.75) is 31.5 Å². The minimum Gasteiger partial charge on any atom is -0.478 e. The molecule has 30 heavy (non-hydrogen) atoms. The highest BCUT2D eigenvalue weighted by Gasteiger charge is 2.57. The van der Waals surface area contributed by atoms with Crippen LogP contribution < -0.4 is 16.8 Å². The minimum atomic E-state index is -5.10. The quantitative estimate of drug-likeness (QED) is 0.114. The molecule has 0 saturated carbocycles. The number of primary amides is 1. The van der Waals surface area contributed by atoms with Crippen molar-refractivity contribution in [2.24, 2.45) is 10.9 Å². The van der Waals surface area contributed by atoms with E-state index < -0.39 is 57.4 Å². The number of nitrogen functional groups attached to an aromatic ring is 1. The molecule has 0 aliphatic carbocycles. The van der Waals surface area contributed by atoms with Gasteiger partial charge in [0.05, 0.1) is 0 Å². The minimum absolute atomic E-state index is 0.0234. The van der Waals surface area contributed by atoms with Gasteiger partial charge in [0.15, 0.2) is 16.9 Å². The van der Waals surface area contributed by atoms with Crippen LogP contribution in [-0.4, -0.2) is 74.5 Å². The van der Waals surface area contributed by atoms with Crippen molar-refractivity contribution in [1.29, 1.82) is 0 Å². The third-order valence-corrected chi connectivity index (χ3v) is 5.32. The van der Waals surface area contributed by atoms with Crippen molar-refractivity contribution in [3.8, 4) is 0 Å². The number of carboxylic acids is 1. The molecule has 2 unspecified atom stereocenters. The first-order valence-electron chi connectivity index (χ1n) is 7.78. The van der Waals surface area contributed by atoms with Crippen molar-refractivity contribution < 1.29 is 42.1 Å². The maximum absolute atomic E-state index is 12.6. The molecule has 1 fully saturated rings. The Balaban J connectivity index is 2.34. The molecule has 7 N–H and O–H groups in total. The van der Waals surface area contributed by atoms with Gasteiger partial charge in [-0.3, -0.25) is 18.9 Å². The van der Waals surface area contributed by atoms with E-state index in [2.05, 4.69) is 10.1 Å². The summed E-state index contributed by atoms with van der Waals surface area (Å²) in [5, 5.41) is 15.9. The van der Waals surface area contributed by atoms with Crippen LogP contribution in [0.1, 0.15) is 19.5 Å². The Bertz CT molecular complexity index is 1050. The lowest BCUT2D eigenvalue weighted by Crippen LogP contribution is -2.75. The number of anilines is 1. The number of carbonyl (C=O) groups excluding carboxylic acids is 3. The Hall–Kier alpha value is -3.31. The Morgan fingerprint density at radius 2 is 2.00 bits per heavy atom. The fourth-order valence-electron chi connectivity index (χ4n) is 2.15. The van der Waals surface area contributed by atoms with Crippen LogP contribution >= 0.6 is 11.3 Å². The van der Waals surface area contributed by atoms with Gasteiger partial charge >= 0.3 is 16.3 Å². The lowest BCUT2D eigenvalue weighted by molar-refractivity contribution is -0.161. The molecule has 1 aliphatic rings. The smallest absolute Gasteiger partial charge is 0.363 e. The van der Waals surface area contributed by atoms with E-state index in [9.17, 15) is 27.6 Å². The molecule has 1 aromatic heterocycles. The molecule has 0 aromatic carbocycles. The van der Waals surface area contributed by atoms with Crippen molar-refractivity contribution in [3.63, 3.8) is 0 Å². The van der Waals surface area contributed by atoms with Gasteiger partial charge in [-0.05, 0) is 13.8 Å². The largest absolute Gasteiger partial charge is 0.478 e. The van der Waals surface area contributed by atoms with Gasteiger partial charge in [-0.2, -0.15) is 12.7 Å². The average molecular weight is 464 g/mol. The molecule has 1 saturated heterocycles. The van der Waals surface area contributed by atoms with E-state index in [0.29, 0.717) is 0 Å². The number of amides is 3. The van der Waals surface area contributed by atoms with Crippen LogP contribution in [0.3, 0.4) is 0 Å². The van der Waals surface area contributed by atoms with Crippen molar-refractivity contribution in [3.05, 3.63) is 11.1 Å². The van der Waals surface area contributed by atoms with Gasteiger partial charge in [0.2, 0.25) is 11.5 Å². The van der Waals surface area contributed by atoms with Gasteiger partial charge in [0.1, 0.15) is 11.7 Å². The van der Waals surface area contributed by atoms with Crippen LogP contribution in [0, 0.1) is 0 Å². The molecule has 17 heteroatoms. The number of aromatic nitrogens is 1. The van der Waals surface area contributed by atoms with Crippen LogP contribution in [0.25, 0.3) is 0 Å². The third kappa shape index (κ3) is 4.47. The SMILES string of the molecule is CC(C)(O/N=C(/C(=O)NC1C(=O)N(S(=O)(=O)O)C1C(N)=O)c1csc(N)n1)C(=O)O. The maximum atomic E-state index is 12.6. The number of nitrogens with zero attached hydrogens (tertiary/aromatic N) is 3. The summed E-state index contributed by atoms with van der Waals surface area (Å²) in [5.41, 5.74) is 7.94. The van der Waals surface area contributed by atoms with E-state index in [1.807, 2.05) is 5.32 Å². The van der Waals surface area contributed by atoms with E-state index >= 15 is 0 Å². The topological polar surface area (TPSA) is 245 Å². The number of nitrogens with one attached hydrogen (secondary N) is 1. The second-order valence-corrected chi connectivity index (χ2v) is 8.51. The first-order valence-corrected chi connectivity index (χ1v) is 10.1. The van der Waals surface area contributed by atoms with Gasteiger partial charge in [0, 0.05) is 5.38 Å². The zero-order valence-corrected chi connectivity index (χ0v) is 16.9. The fraction of sp³-hybridized carbons (Fsp3) is 0.385. The van der Waals surface area contributed by atoms with Crippen LogP contribution in [0.4, 0.5) is 5.13 Å². The number of carboxylic acid groups (broad SMARTS) is 1. The first-order chi connectivity index (χ1) is 13.7. The number of hydrogen-bond acceptors (Lipinski definition) is 11. The lowest BCUT2D eigenvalue weighted by atomic mass is 9.98. The Labute approximate surface area is 172 Å². The highest BCUT2D eigenvalue weighted by molar-refractivity contribution is 7.84. The summed E-state index contributed by atoms with van der Waals surface area (Å²) in [6.45, 7) is 2.29. The predicted octanol–water partition coefficient (Wildman–Crippen LogP) is -2.71. The van der Waals surface area contributed by atoms with E-state index in [1.165, 1.54) is 5.38 Å². The third-order valence-electron chi connectivity index (χ3n) is 3.74. The second-order valence-electron chi connectivity index (χ2n) is 6.33. The molecule has 2 rings (SSSR count). The van der Waals surface area contributed by atoms with Gasteiger partial charge in [-0.15, -0.1) is 11.3 Å². The number of β-lactam (4-membered cyclic amide) rings is 1. The normalized spacial score (nSPS) is 19.8. The maximum Gasteiger partial charge on any atom is 0.363 e. The molecular formula is C13H16N6O9S2. The highest BCUT2D eigenvalue weighted by Crippen LogP contribution is 2.24. The van der Waals surface area contributed by atoms with E-state index in [1.54, 1.807) is 0 Å². The van der Waals surface area contributed by atoms with Crippen molar-refractivity contribution >= 4 is 56.2 Å². The second kappa shape index (κ2) is 7.84. The van der Waals surface area contributed by atoms with Crippen LogP contribution in [0.5, 0.6) is 0 Å². The number of rotatable bonds is 8. The zero-order valence-electron chi connectivity index (χ0n) is 15.3. The Morgan fingerprint density at radius 1 is 1.40 bits per heavy atom. The Morgan fingerprint density at radius 3 is 2.43 bits per heavy atom. The highest BCUT2D eigenvalue weighted by atomic mass is 32.2. The number of aliphatic carboxylic acids is 1. The van der Waals surface area contributed by atoms with Crippen LogP contribution in [0.15, 0.2) is 10.5 Å². The molecule has 2 heterocycles. The van der Waals surface area contributed by atoms with Crippen molar-refractivity contribution in [2.75, 3.05) is 5.73 Å².